The molecule has 2 aromatic heterocycles. The van der Waals surface area contributed by atoms with Gasteiger partial charge in [-0.3, -0.25) is 4.57 Å². The van der Waals surface area contributed by atoms with Gasteiger partial charge < -0.3 is 0 Å². The first kappa shape index (κ1) is 14.1. The summed E-state index contributed by atoms with van der Waals surface area (Å²) in [7, 11) is -6.92. The predicted octanol–water partition coefficient (Wildman–Crippen LogP) is 11.6. The molecule has 0 aliphatic carbocycles. The van der Waals surface area contributed by atoms with Gasteiger partial charge in [0.15, 0.2) is 8.07 Å². The minimum absolute atomic E-state index is 0.584. The average Bonchev–Trinajstić information content (AvgIpc) is 1.08. The first-order chi connectivity index (χ1) is 47.4. The maximum Gasteiger partial charge on any atom is 0.235 e. The Morgan fingerprint density at radius 3 is 1.42 bits per heavy atom. The van der Waals surface area contributed by atoms with E-state index in [1.54, 1.807) is 0 Å². The fourth-order valence-electron chi connectivity index (χ4n) is 6.81. The maximum absolute atomic E-state index is 10.7. The van der Waals surface area contributed by atoms with Crippen molar-refractivity contribution in [2.75, 3.05) is 0 Å². The van der Waals surface area contributed by atoms with E-state index in [0.717, 1.165) is 0 Å². The van der Waals surface area contributed by atoms with Gasteiger partial charge in [-0.1, -0.05) is 236 Å². The van der Waals surface area contributed by atoms with Crippen LogP contribution in [0, 0.1) is 0 Å². The monoisotopic (exact) mass is 848 g/mol. The lowest BCUT2D eigenvalue weighted by atomic mass is 10.0. The Morgan fingerprint density at radius 1 is 0.355 bits per heavy atom. The van der Waals surface area contributed by atoms with E-state index in [0.29, 0.717) is 10.6 Å². The molecule has 0 bridgehead atoms. The van der Waals surface area contributed by atoms with Gasteiger partial charge in [0.25, 0.3) is 0 Å². The summed E-state index contributed by atoms with van der Waals surface area (Å²) in [6.07, 6.45) is 0. The second-order valence-corrected chi connectivity index (χ2v) is 16.2. The molecule has 0 radical (unpaired) electrons. The van der Waals surface area contributed by atoms with Crippen LogP contribution in [-0.2, 0) is 0 Å². The Morgan fingerprint density at radius 2 is 0.790 bits per heavy atom. The summed E-state index contributed by atoms with van der Waals surface area (Å²) < 4.78 is 370. The standard InChI is InChI=1S/C58H41N3Si/c1-6-21-42(22-7-1)45-27-18-33-49(39-45)62(47-29-12-4-13-30-47,48-31-14-5-15-32-48)50-34-19-28-46(40-50)55-41-54(44-25-10-3-11-26-44)59-58(60-55)61-56-38-17-16-35-52(56)53-37-20-36-51(57(53)61)43-23-8-2-9-24-43/h1-41H/i1D,2D,3D,4D,5D,6D,7D,8D,9D,10D,11D,12D,13D,14D,15D,16D,17D,18D,19D,20D,21D,22D,23D,24D,25D,26D,27D,28D,29D,30D,31D,32D,33D,34D,35D,36D,37D,38D,39D,40D. The van der Waals surface area contributed by atoms with Crippen molar-refractivity contribution in [3.05, 3.63) is 248 Å². The van der Waals surface area contributed by atoms with Crippen LogP contribution in [0.4, 0.5) is 0 Å². The molecule has 0 saturated heterocycles. The highest BCUT2D eigenvalue weighted by Crippen LogP contribution is 2.38. The fraction of sp³-hybridized carbons (Fsp3) is 0. The Kier molecular flexibility index (Phi) is 3.61. The quantitative estimate of drug-likeness (QED) is 0.107. The van der Waals surface area contributed by atoms with Gasteiger partial charge in [-0.2, -0.15) is 0 Å². The summed E-state index contributed by atoms with van der Waals surface area (Å²) in [4.78, 5) is 9.20. The zero-order valence-corrected chi connectivity index (χ0v) is 31.9. The van der Waals surface area contributed by atoms with Crippen LogP contribution in [0.3, 0.4) is 0 Å². The van der Waals surface area contributed by atoms with Crippen LogP contribution < -0.4 is 20.7 Å². The van der Waals surface area contributed by atoms with Gasteiger partial charge in [0.1, 0.15) is 0 Å². The Labute approximate surface area is 419 Å². The van der Waals surface area contributed by atoms with E-state index in [4.69, 9.17) is 30.2 Å². The van der Waals surface area contributed by atoms with Crippen LogP contribution in [0.1, 0.15) is 54.8 Å². The van der Waals surface area contributed by atoms with E-state index in [1.165, 1.54) is 0 Å². The zero-order valence-electron chi connectivity index (χ0n) is 70.9. The molecular formula is C58H41N3Si. The van der Waals surface area contributed by atoms with Gasteiger partial charge in [-0.05, 0) is 49.5 Å². The van der Waals surface area contributed by atoms with Crippen LogP contribution in [0.25, 0.3) is 72.5 Å². The van der Waals surface area contributed by atoms with E-state index in [9.17, 15) is 24.7 Å². The molecule has 9 aromatic carbocycles. The third-order valence-corrected chi connectivity index (χ3v) is 13.4. The number of fused-ring (bicyclic) bond motifs is 3. The third kappa shape index (κ3) is 6.46. The van der Waals surface area contributed by atoms with Crippen molar-refractivity contribution in [1.29, 1.82) is 0 Å². The Hall–Kier alpha value is -7.92. The first-order valence-corrected chi connectivity index (χ1v) is 19.9. The van der Waals surface area contributed by atoms with Crippen molar-refractivity contribution >= 4 is 50.6 Å². The molecule has 0 N–H and O–H groups in total. The van der Waals surface area contributed by atoms with Crippen LogP contribution >= 0.6 is 0 Å². The Bertz CT molecular complexity index is 5520. The molecule has 292 valence electrons. The second kappa shape index (κ2) is 15.9. The second-order valence-electron chi connectivity index (χ2n) is 12.7. The minimum atomic E-state index is -6.92. The topological polar surface area (TPSA) is 30.7 Å². The largest absolute Gasteiger partial charge is 0.277 e. The lowest BCUT2D eigenvalue weighted by Crippen LogP contribution is -2.74. The zero-order chi connectivity index (χ0) is 76.1. The number of aromatic nitrogens is 3. The van der Waals surface area contributed by atoms with E-state index in [-0.39, 0.29) is 0 Å². The van der Waals surface area contributed by atoms with Crippen LogP contribution in [0.15, 0.2) is 248 Å². The van der Waals surface area contributed by atoms with Crippen molar-refractivity contribution in [1.82, 2.24) is 14.5 Å². The first-order valence-electron chi connectivity index (χ1n) is 37.9. The molecule has 0 spiro atoms. The van der Waals surface area contributed by atoms with E-state index >= 15 is 0 Å². The molecule has 11 aromatic rings. The molecule has 0 unspecified atom stereocenters. The summed E-state index contributed by atoms with van der Waals surface area (Å²) in [5, 5.41) is -7.05. The molecule has 0 amide bonds. The van der Waals surface area contributed by atoms with Crippen LogP contribution in [0.2, 0.25) is 0 Å². The van der Waals surface area contributed by atoms with Gasteiger partial charge in [0.2, 0.25) is 5.95 Å². The average molecular weight is 848 g/mol. The highest BCUT2D eigenvalue weighted by Gasteiger charge is 2.41. The summed E-state index contributed by atoms with van der Waals surface area (Å²) in [6.45, 7) is 0. The lowest BCUT2D eigenvalue weighted by molar-refractivity contribution is 0.996. The van der Waals surface area contributed by atoms with Gasteiger partial charge in [0.05, 0.1) is 77.3 Å². The number of hydrogen-bond acceptors (Lipinski definition) is 2. The molecule has 0 aliphatic heterocycles. The number of para-hydroxylation sites is 2. The predicted molar refractivity (Wildman–Crippen MR) is 262 cm³/mol. The van der Waals surface area contributed by atoms with Crippen molar-refractivity contribution in [3.63, 3.8) is 0 Å². The summed E-state index contributed by atoms with van der Waals surface area (Å²) in [5.41, 5.74) is -10.1. The van der Waals surface area contributed by atoms with Gasteiger partial charge in [-0.15, -0.1) is 0 Å². The van der Waals surface area contributed by atoms with Crippen molar-refractivity contribution in [2.24, 2.45) is 0 Å². The maximum atomic E-state index is 10.7. The lowest BCUT2D eigenvalue weighted by Gasteiger charge is -2.35. The molecule has 11 rings (SSSR count). The number of rotatable bonds is 9. The smallest absolute Gasteiger partial charge is 0.235 e. The molecule has 0 saturated carbocycles. The summed E-state index contributed by atoms with van der Waals surface area (Å²) in [6, 6.07) is -48.7. The molecule has 0 atom stereocenters. The Balaban J connectivity index is 1.49. The molecule has 3 nitrogen and oxygen atoms in total. The number of hydrogen-bond donors (Lipinski definition) is 0. The number of nitrogens with zero attached hydrogens (tertiary/aromatic N) is 3. The summed E-state index contributed by atoms with van der Waals surface area (Å²) >= 11 is 0. The highest BCUT2D eigenvalue weighted by molar-refractivity contribution is 7.20. The van der Waals surface area contributed by atoms with Crippen LogP contribution in [0.5, 0.6) is 0 Å². The molecule has 0 aliphatic rings. The minimum Gasteiger partial charge on any atom is -0.277 e. The normalized spacial score (nSPS) is 20.6. The van der Waals surface area contributed by atoms with Gasteiger partial charge in [-0.25, -0.2) is 9.97 Å². The van der Waals surface area contributed by atoms with E-state index in [2.05, 4.69) is 9.97 Å². The number of benzene rings is 9. The molecule has 4 heteroatoms. The molecular weight excluding hydrogens is 767 g/mol. The molecule has 2 heterocycles. The fourth-order valence-corrected chi connectivity index (χ4v) is 10.4. The highest BCUT2D eigenvalue weighted by atomic mass is 28.3. The third-order valence-electron chi connectivity index (χ3n) is 9.39. The molecule has 0 fully saturated rings. The van der Waals surface area contributed by atoms with Crippen LogP contribution in [-0.4, -0.2) is 22.6 Å². The van der Waals surface area contributed by atoms with Crippen molar-refractivity contribution in [2.45, 2.75) is 0 Å². The van der Waals surface area contributed by atoms with E-state index < -0.39 is 343 Å². The van der Waals surface area contributed by atoms with Gasteiger partial charge in [0, 0.05) is 27.5 Å². The molecule has 62 heavy (non-hydrogen) atoms. The summed E-state index contributed by atoms with van der Waals surface area (Å²) in [5.74, 6) is -1.18. The van der Waals surface area contributed by atoms with Crippen molar-refractivity contribution in [3.8, 4) is 50.7 Å². The van der Waals surface area contributed by atoms with Gasteiger partial charge >= 0.3 is 0 Å². The SMILES string of the molecule is [2H]c1c([2H])c([2H])c(-c2cc(-c3c([2H])c([2H])c([2H])c([Si](c4c([2H])c([2H])c([2H])c([2H])c4[2H])(c4c([2H])c([2H])c([2H])c([2H])c4[2H])c4c([2H])c([2H])c([2H])c(-c5c([2H])c([2H])c([2H])c([2H])c5[2H])c4[2H])c3[2H])nc(-n3c4c([2H])c([2H])c([2H])c([2H])c4c4c([2H])c([2H])c([2H])c(-c5c([2H])c([2H])c([2H])c([2H])c5[2H])c43)n2)c([2H])c1[2H]. The van der Waals surface area contributed by atoms with E-state index in [1.807, 2.05) is 0 Å². The van der Waals surface area contributed by atoms with Crippen molar-refractivity contribution < 1.29 is 54.8 Å².